The number of aliphatic hydroxyl groups is 1. The molecule has 1 aliphatic rings. The normalized spacial score (nSPS) is 14.2. The minimum Gasteiger partial charge on any atom is -0.507 e. The molecule has 1 unspecified atom stereocenters. The summed E-state index contributed by atoms with van der Waals surface area (Å²) < 4.78 is 0. The predicted octanol–water partition coefficient (Wildman–Crippen LogP) is 8.53. The molecule has 37 heavy (non-hydrogen) atoms. The highest BCUT2D eigenvalue weighted by atomic mass is 16.3. The number of ketones is 2. The third kappa shape index (κ3) is 8.67. The minimum absolute atomic E-state index is 0.0949. The van der Waals surface area contributed by atoms with Gasteiger partial charge in [-0.15, -0.1) is 0 Å². The van der Waals surface area contributed by atoms with Gasteiger partial charge in [-0.05, 0) is 18.5 Å². The van der Waals surface area contributed by atoms with Gasteiger partial charge in [0.1, 0.15) is 5.76 Å². The molecular formula is C33H45NO3. The molecule has 0 aromatic heterocycles. The summed E-state index contributed by atoms with van der Waals surface area (Å²) in [6.45, 7) is 2.99. The van der Waals surface area contributed by atoms with E-state index in [1.807, 2.05) is 30.3 Å². The number of unbranched alkanes of at least 4 members (excludes halogenated alkanes) is 13. The lowest BCUT2D eigenvalue weighted by atomic mass is 9.83. The molecule has 0 heterocycles. The van der Waals surface area contributed by atoms with E-state index in [-0.39, 0.29) is 16.9 Å². The average molecular weight is 504 g/mol. The van der Waals surface area contributed by atoms with E-state index < -0.39 is 17.6 Å². The molecule has 0 saturated heterocycles. The fourth-order valence-electron chi connectivity index (χ4n) is 5.25. The van der Waals surface area contributed by atoms with Crippen LogP contribution >= 0.6 is 0 Å². The zero-order valence-corrected chi connectivity index (χ0v) is 22.6. The van der Waals surface area contributed by atoms with E-state index in [1.165, 1.54) is 77.0 Å². The molecular weight excluding hydrogens is 458 g/mol. The molecule has 0 radical (unpaired) electrons. The lowest BCUT2D eigenvalue weighted by Crippen LogP contribution is -2.34. The Hall–Kier alpha value is -2.72. The van der Waals surface area contributed by atoms with Crippen molar-refractivity contribution in [2.24, 2.45) is 0 Å². The van der Waals surface area contributed by atoms with Gasteiger partial charge in [-0.25, -0.2) is 0 Å². The fourth-order valence-corrected chi connectivity index (χ4v) is 5.25. The first-order valence-electron chi connectivity index (χ1n) is 14.5. The van der Waals surface area contributed by atoms with E-state index in [2.05, 4.69) is 12.2 Å². The van der Waals surface area contributed by atoms with Crippen molar-refractivity contribution in [2.75, 3.05) is 6.54 Å². The summed E-state index contributed by atoms with van der Waals surface area (Å²) >= 11 is 0. The predicted molar refractivity (Wildman–Crippen MR) is 153 cm³/mol. The molecule has 4 nitrogen and oxygen atoms in total. The van der Waals surface area contributed by atoms with Gasteiger partial charge in [-0.2, -0.15) is 0 Å². The first kappa shape index (κ1) is 28.8. The van der Waals surface area contributed by atoms with Crippen molar-refractivity contribution in [1.82, 2.24) is 5.32 Å². The monoisotopic (exact) mass is 503 g/mol. The van der Waals surface area contributed by atoms with Gasteiger partial charge >= 0.3 is 0 Å². The zero-order chi connectivity index (χ0) is 26.3. The smallest absolute Gasteiger partial charge is 0.235 e. The summed E-state index contributed by atoms with van der Waals surface area (Å²) in [5, 5.41) is 14.5. The first-order chi connectivity index (χ1) is 18.1. The van der Waals surface area contributed by atoms with Crippen molar-refractivity contribution < 1.29 is 14.7 Å². The maximum Gasteiger partial charge on any atom is 0.235 e. The van der Waals surface area contributed by atoms with Crippen molar-refractivity contribution in [1.29, 1.82) is 0 Å². The van der Waals surface area contributed by atoms with Crippen LogP contribution in [0.5, 0.6) is 0 Å². The summed E-state index contributed by atoms with van der Waals surface area (Å²) in [5.74, 6) is -1.27. The number of hydrogen-bond donors (Lipinski definition) is 2. The van der Waals surface area contributed by atoms with Crippen LogP contribution in [0, 0.1) is 0 Å². The molecule has 3 rings (SSSR count). The Bertz CT molecular complexity index is 1010. The number of rotatable bonds is 18. The van der Waals surface area contributed by atoms with Gasteiger partial charge in [0.2, 0.25) is 11.6 Å². The Labute approximate surface area is 223 Å². The number of Topliss-reactive ketones (excluding diaryl/α,β-unsaturated/α-hetero) is 2. The lowest BCUT2D eigenvalue weighted by Gasteiger charge is -2.26. The van der Waals surface area contributed by atoms with Crippen molar-refractivity contribution >= 4 is 17.3 Å². The van der Waals surface area contributed by atoms with E-state index in [1.54, 1.807) is 24.3 Å². The lowest BCUT2D eigenvalue weighted by molar-refractivity contribution is -0.112. The van der Waals surface area contributed by atoms with Gasteiger partial charge < -0.3 is 10.4 Å². The van der Waals surface area contributed by atoms with E-state index in [4.69, 9.17) is 0 Å². The second-order valence-electron chi connectivity index (χ2n) is 10.4. The highest BCUT2D eigenvalue weighted by Crippen LogP contribution is 2.35. The van der Waals surface area contributed by atoms with E-state index in [0.29, 0.717) is 5.56 Å². The van der Waals surface area contributed by atoms with Crippen LogP contribution in [0.1, 0.15) is 124 Å². The molecule has 1 aliphatic carbocycles. The number of benzene rings is 2. The quantitative estimate of drug-likeness (QED) is 0.158. The van der Waals surface area contributed by atoms with Gasteiger partial charge in [0, 0.05) is 11.1 Å². The molecule has 2 N–H and O–H groups in total. The van der Waals surface area contributed by atoms with Gasteiger partial charge in [0.05, 0.1) is 11.6 Å². The molecule has 0 aliphatic heterocycles. The summed E-state index contributed by atoms with van der Waals surface area (Å²) in [6, 6.07) is 15.9. The molecule has 0 spiro atoms. The molecule has 0 fully saturated rings. The Morgan fingerprint density at radius 1 is 0.622 bits per heavy atom. The SMILES string of the molecule is CCCCCCCCCCCCCCCCNC(C1=C(O)c2ccccc2C(=O)C1=O)c1ccccc1. The van der Waals surface area contributed by atoms with Crippen LogP contribution in [0.25, 0.3) is 5.76 Å². The molecule has 2 aromatic carbocycles. The van der Waals surface area contributed by atoms with Gasteiger partial charge in [0.25, 0.3) is 0 Å². The van der Waals surface area contributed by atoms with Crippen molar-refractivity contribution in [2.45, 2.75) is 103 Å². The largest absolute Gasteiger partial charge is 0.507 e. The van der Waals surface area contributed by atoms with Crippen LogP contribution < -0.4 is 5.32 Å². The Morgan fingerprint density at radius 3 is 1.68 bits per heavy atom. The standard InChI is InChI=1S/C33H45NO3/c1-2-3-4-5-6-7-8-9-10-11-12-13-14-20-25-34-30(26-21-16-15-17-22-26)29-31(35)27-23-18-19-24-28(27)32(36)33(29)37/h15-19,21-24,30,34-35H,2-14,20,25H2,1H3. The maximum absolute atomic E-state index is 13.1. The van der Waals surface area contributed by atoms with Crippen LogP contribution in [-0.4, -0.2) is 23.2 Å². The molecule has 2 aromatic rings. The Kier molecular flexibility index (Phi) is 12.6. The van der Waals surface area contributed by atoms with Gasteiger partial charge in [0.15, 0.2) is 0 Å². The highest BCUT2D eigenvalue weighted by molar-refractivity contribution is 6.52. The second kappa shape index (κ2) is 16.2. The third-order valence-electron chi connectivity index (χ3n) is 7.43. The number of carbonyl (C=O) groups excluding carboxylic acids is 2. The second-order valence-corrected chi connectivity index (χ2v) is 10.4. The molecule has 1 atom stereocenters. The van der Waals surface area contributed by atoms with Gasteiger partial charge in [-0.3, -0.25) is 9.59 Å². The summed E-state index contributed by atoms with van der Waals surface area (Å²) in [4.78, 5) is 25.9. The summed E-state index contributed by atoms with van der Waals surface area (Å²) in [5.41, 5.74) is 1.73. The summed E-state index contributed by atoms with van der Waals surface area (Å²) in [6.07, 6.45) is 18.3. The van der Waals surface area contributed by atoms with E-state index in [9.17, 15) is 14.7 Å². The van der Waals surface area contributed by atoms with Crippen LogP contribution in [0.2, 0.25) is 0 Å². The number of aliphatic hydroxyl groups excluding tert-OH is 1. The van der Waals surface area contributed by atoms with E-state index >= 15 is 0 Å². The highest BCUT2D eigenvalue weighted by Gasteiger charge is 2.37. The third-order valence-corrected chi connectivity index (χ3v) is 7.43. The van der Waals surface area contributed by atoms with Crippen LogP contribution in [0.3, 0.4) is 0 Å². The molecule has 0 saturated carbocycles. The van der Waals surface area contributed by atoms with Crippen LogP contribution in [0.15, 0.2) is 60.2 Å². The molecule has 4 heteroatoms. The molecule has 200 valence electrons. The maximum atomic E-state index is 13.1. The van der Waals surface area contributed by atoms with Crippen molar-refractivity contribution in [3.05, 3.63) is 76.9 Å². The first-order valence-corrected chi connectivity index (χ1v) is 14.5. The van der Waals surface area contributed by atoms with Crippen LogP contribution in [-0.2, 0) is 4.79 Å². The fraction of sp³-hybridized carbons (Fsp3) is 0.515. The summed E-state index contributed by atoms with van der Waals surface area (Å²) in [7, 11) is 0. The number of fused-ring (bicyclic) bond motifs is 1. The number of nitrogens with one attached hydrogen (secondary N) is 1. The minimum atomic E-state index is -0.626. The molecule has 0 amide bonds. The van der Waals surface area contributed by atoms with Crippen LogP contribution in [0.4, 0.5) is 0 Å². The number of hydrogen-bond acceptors (Lipinski definition) is 4. The Morgan fingerprint density at radius 2 is 1.11 bits per heavy atom. The van der Waals surface area contributed by atoms with Gasteiger partial charge in [-0.1, -0.05) is 145 Å². The van der Waals surface area contributed by atoms with Crippen molar-refractivity contribution in [3.8, 4) is 0 Å². The topological polar surface area (TPSA) is 66.4 Å². The number of carbonyl (C=O) groups is 2. The van der Waals surface area contributed by atoms with Crippen molar-refractivity contribution in [3.63, 3.8) is 0 Å². The Balaban J connectivity index is 1.43. The molecule has 0 bridgehead atoms. The zero-order valence-electron chi connectivity index (χ0n) is 22.6. The average Bonchev–Trinajstić information content (AvgIpc) is 2.93. The van der Waals surface area contributed by atoms with E-state index in [0.717, 1.165) is 24.9 Å².